The van der Waals surface area contributed by atoms with Crippen molar-refractivity contribution in [3.8, 4) is 11.5 Å². The van der Waals surface area contributed by atoms with Crippen molar-refractivity contribution in [2.45, 2.75) is 45.2 Å². The van der Waals surface area contributed by atoms with Crippen LogP contribution in [0, 0.1) is 12.8 Å². The molecule has 0 spiro atoms. The van der Waals surface area contributed by atoms with Gasteiger partial charge in [-0.25, -0.2) is 8.42 Å². The molecule has 1 N–H and O–H groups in total. The number of carbonyl (C=O) groups excluding carboxylic acids is 2. The van der Waals surface area contributed by atoms with Gasteiger partial charge in [0.2, 0.25) is 11.8 Å². The van der Waals surface area contributed by atoms with Crippen LogP contribution in [0.15, 0.2) is 77.7 Å². The highest BCUT2D eigenvalue weighted by Gasteiger charge is 2.33. The molecule has 9 nitrogen and oxygen atoms in total. The largest absolute Gasteiger partial charge is 0.497 e. The number of ether oxygens (including phenoxy) is 2. The van der Waals surface area contributed by atoms with E-state index >= 15 is 0 Å². The van der Waals surface area contributed by atoms with E-state index < -0.39 is 28.5 Å². The second-order valence-electron chi connectivity index (χ2n) is 10.2. The predicted octanol–water partition coefficient (Wildman–Crippen LogP) is 4.40. The normalized spacial score (nSPS) is 12.0. The first kappa shape index (κ1) is 31.5. The van der Waals surface area contributed by atoms with Gasteiger partial charge < -0.3 is 19.7 Å². The minimum absolute atomic E-state index is 0.0336. The summed E-state index contributed by atoms with van der Waals surface area (Å²) in [6.45, 7) is 7.44. The minimum atomic E-state index is -4.19. The van der Waals surface area contributed by atoms with Gasteiger partial charge in [0.25, 0.3) is 10.0 Å². The van der Waals surface area contributed by atoms with Gasteiger partial charge in [-0.3, -0.25) is 13.9 Å². The molecule has 0 saturated heterocycles. The van der Waals surface area contributed by atoms with Crippen molar-refractivity contribution < 1.29 is 27.5 Å². The average Bonchev–Trinajstić information content (AvgIpc) is 2.97. The summed E-state index contributed by atoms with van der Waals surface area (Å²) in [7, 11) is -1.19. The molecule has 1 unspecified atom stereocenters. The van der Waals surface area contributed by atoms with Crippen LogP contribution in [0.2, 0.25) is 0 Å². The first-order valence-electron chi connectivity index (χ1n) is 13.4. The molecule has 0 aromatic heterocycles. The van der Waals surface area contributed by atoms with Crippen molar-refractivity contribution in [2.75, 3.05) is 31.6 Å². The third-order valence-electron chi connectivity index (χ3n) is 6.61. The molecule has 1 atom stereocenters. The van der Waals surface area contributed by atoms with Crippen LogP contribution >= 0.6 is 0 Å². The lowest BCUT2D eigenvalue weighted by Crippen LogP contribution is -2.51. The van der Waals surface area contributed by atoms with Crippen LogP contribution in [0.3, 0.4) is 0 Å². The Morgan fingerprint density at radius 2 is 1.51 bits per heavy atom. The quantitative estimate of drug-likeness (QED) is 0.321. The van der Waals surface area contributed by atoms with E-state index in [0.717, 1.165) is 15.4 Å². The summed E-state index contributed by atoms with van der Waals surface area (Å²) in [5, 5.41) is 2.88. The Kier molecular flexibility index (Phi) is 10.8. The molecule has 0 aliphatic rings. The lowest BCUT2D eigenvalue weighted by Gasteiger charge is -2.32. The van der Waals surface area contributed by atoms with Gasteiger partial charge in [-0.2, -0.15) is 0 Å². The van der Waals surface area contributed by atoms with Crippen molar-refractivity contribution >= 4 is 27.5 Å². The molecule has 0 saturated carbocycles. The van der Waals surface area contributed by atoms with Crippen LogP contribution in [-0.2, 0) is 26.2 Å². The molecule has 41 heavy (non-hydrogen) atoms. The zero-order chi connectivity index (χ0) is 30.2. The van der Waals surface area contributed by atoms with Crippen LogP contribution in [0.5, 0.6) is 11.5 Å². The number of nitrogens with one attached hydrogen (secondary N) is 1. The summed E-state index contributed by atoms with van der Waals surface area (Å²) >= 11 is 0. The molecule has 0 aliphatic carbocycles. The number of para-hydroxylation sites is 2. The number of aryl methyl sites for hydroxylation is 1. The molecule has 2 amide bonds. The Hall–Kier alpha value is -4.05. The lowest BCUT2D eigenvalue weighted by molar-refractivity contribution is -0.139. The van der Waals surface area contributed by atoms with Gasteiger partial charge in [0.05, 0.1) is 24.8 Å². The molecule has 3 aromatic carbocycles. The van der Waals surface area contributed by atoms with Crippen LogP contribution in [-0.4, -0.2) is 58.5 Å². The van der Waals surface area contributed by atoms with Crippen LogP contribution in [0.1, 0.15) is 31.9 Å². The van der Waals surface area contributed by atoms with E-state index in [1.54, 1.807) is 74.7 Å². The van der Waals surface area contributed by atoms with Crippen molar-refractivity contribution in [3.63, 3.8) is 0 Å². The SMILES string of the molecule is COc1ccc(CN(C(=O)CN(c2ccccc2OC)S(=O)(=O)c2ccc(C)cc2)C(C)C(=O)NCC(C)C)cc1. The molecule has 0 heterocycles. The molecule has 10 heteroatoms. The average molecular weight is 582 g/mol. The molecule has 3 aromatic rings. The van der Waals surface area contributed by atoms with E-state index in [1.165, 1.54) is 24.1 Å². The monoisotopic (exact) mass is 581 g/mol. The van der Waals surface area contributed by atoms with Crippen molar-refractivity contribution in [1.82, 2.24) is 10.2 Å². The number of carbonyl (C=O) groups is 2. The number of amides is 2. The molecule has 0 fully saturated rings. The topological polar surface area (TPSA) is 105 Å². The van der Waals surface area contributed by atoms with Gasteiger partial charge in [-0.15, -0.1) is 0 Å². The van der Waals surface area contributed by atoms with E-state index in [9.17, 15) is 18.0 Å². The van der Waals surface area contributed by atoms with Crippen LogP contribution in [0.25, 0.3) is 0 Å². The maximum absolute atomic E-state index is 14.0. The molecule has 0 aliphatic heterocycles. The van der Waals surface area contributed by atoms with Gasteiger partial charge in [0.1, 0.15) is 24.1 Å². The zero-order valence-electron chi connectivity index (χ0n) is 24.5. The van der Waals surface area contributed by atoms with Crippen molar-refractivity contribution in [1.29, 1.82) is 0 Å². The van der Waals surface area contributed by atoms with Crippen LogP contribution in [0.4, 0.5) is 5.69 Å². The summed E-state index contributed by atoms with van der Waals surface area (Å²) in [6.07, 6.45) is 0. The Morgan fingerprint density at radius 3 is 2.10 bits per heavy atom. The Bertz CT molecular complexity index is 1420. The third-order valence-corrected chi connectivity index (χ3v) is 8.38. The predicted molar refractivity (Wildman–Crippen MR) is 160 cm³/mol. The number of anilines is 1. The molecule has 0 bridgehead atoms. The number of hydrogen-bond donors (Lipinski definition) is 1. The Balaban J connectivity index is 2.04. The number of methoxy groups -OCH3 is 2. The van der Waals surface area contributed by atoms with E-state index in [0.29, 0.717) is 18.0 Å². The summed E-state index contributed by atoms with van der Waals surface area (Å²) in [6, 6.07) is 19.3. The highest BCUT2D eigenvalue weighted by Crippen LogP contribution is 2.32. The van der Waals surface area contributed by atoms with E-state index in [-0.39, 0.29) is 29.0 Å². The van der Waals surface area contributed by atoms with Crippen LogP contribution < -0.4 is 19.1 Å². The number of hydrogen-bond acceptors (Lipinski definition) is 6. The molecule has 3 rings (SSSR count). The van der Waals surface area contributed by atoms with Crippen molar-refractivity contribution in [2.24, 2.45) is 5.92 Å². The minimum Gasteiger partial charge on any atom is -0.497 e. The summed E-state index contributed by atoms with van der Waals surface area (Å²) in [5.74, 6) is 0.291. The van der Waals surface area contributed by atoms with Gasteiger partial charge >= 0.3 is 0 Å². The Labute approximate surface area is 243 Å². The maximum Gasteiger partial charge on any atom is 0.264 e. The number of benzene rings is 3. The number of sulfonamides is 1. The van der Waals surface area contributed by atoms with Gasteiger partial charge in [-0.05, 0) is 61.7 Å². The second-order valence-corrected chi connectivity index (χ2v) is 12.0. The summed E-state index contributed by atoms with van der Waals surface area (Å²) in [4.78, 5) is 28.6. The smallest absolute Gasteiger partial charge is 0.264 e. The van der Waals surface area contributed by atoms with E-state index in [4.69, 9.17) is 9.47 Å². The van der Waals surface area contributed by atoms with Gasteiger partial charge in [-0.1, -0.05) is 55.8 Å². The lowest BCUT2D eigenvalue weighted by atomic mass is 10.1. The molecular formula is C31H39N3O6S. The highest BCUT2D eigenvalue weighted by molar-refractivity contribution is 7.92. The number of rotatable bonds is 13. The fourth-order valence-electron chi connectivity index (χ4n) is 4.15. The summed E-state index contributed by atoms with van der Waals surface area (Å²) < 4.78 is 39.7. The first-order valence-corrected chi connectivity index (χ1v) is 14.8. The fourth-order valence-corrected chi connectivity index (χ4v) is 5.57. The van der Waals surface area contributed by atoms with Gasteiger partial charge in [0, 0.05) is 13.1 Å². The fraction of sp³-hybridized carbons (Fsp3) is 0.355. The standard InChI is InChI=1S/C31H39N3O6S/c1-22(2)19-32-31(36)24(4)33(20-25-13-15-26(39-5)16-14-25)30(35)21-34(28-9-7-8-10-29(28)40-6)41(37,38)27-17-11-23(3)12-18-27/h7-18,22,24H,19-21H2,1-6H3,(H,32,36). The zero-order valence-corrected chi connectivity index (χ0v) is 25.3. The number of nitrogens with zero attached hydrogens (tertiary/aromatic N) is 2. The van der Waals surface area contributed by atoms with E-state index in [1.807, 2.05) is 20.8 Å². The maximum atomic E-state index is 14.0. The summed E-state index contributed by atoms with van der Waals surface area (Å²) in [5.41, 5.74) is 1.87. The second kappa shape index (κ2) is 14.0. The molecule has 0 radical (unpaired) electrons. The van der Waals surface area contributed by atoms with Crippen molar-refractivity contribution in [3.05, 3.63) is 83.9 Å². The van der Waals surface area contributed by atoms with Gasteiger partial charge in [0.15, 0.2) is 0 Å². The van der Waals surface area contributed by atoms with E-state index in [2.05, 4.69) is 5.32 Å². The third kappa shape index (κ3) is 8.00. The first-order chi connectivity index (χ1) is 19.5. The molecule has 220 valence electrons. The highest BCUT2D eigenvalue weighted by atomic mass is 32.2. The molecular weight excluding hydrogens is 542 g/mol. The Morgan fingerprint density at radius 1 is 0.878 bits per heavy atom.